The summed E-state index contributed by atoms with van der Waals surface area (Å²) in [5, 5.41) is 2.26. The van der Waals surface area contributed by atoms with Gasteiger partial charge in [-0.05, 0) is 82.1 Å². The monoisotopic (exact) mass is 643 g/mol. The van der Waals surface area contributed by atoms with Crippen molar-refractivity contribution in [1.82, 2.24) is 0 Å². The van der Waals surface area contributed by atoms with E-state index < -0.39 is 0 Å². The van der Waals surface area contributed by atoms with Crippen LogP contribution in [-0.4, -0.2) is 0 Å². The Hall–Kier alpha value is -5.86. The molecular formula is C48H37NO. The number of rotatable bonds is 6. The van der Waals surface area contributed by atoms with Gasteiger partial charge in [0.05, 0.1) is 22.4 Å². The van der Waals surface area contributed by atoms with Crippen molar-refractivity contribution < 1.29 is 4.42 Å². The minimum Gasteiger partial charge on any atom is -0.456 e. The van der Waals surface area contributed by atoms with E-state index in [-0.39, 0.29) is 5.41 Å². The fourth-order valence-electron chi connectivity index (χ4n) is 9.04. The first-order chi connectivity index (χ1) is 24.6. The first-order valence-corrected chi connectivity index (χ1v) is 17.8. The second-order valence-electron chi connectivity index (χ2n) is 14.4. The van der Waals surface area contributed by atoms with Crippen LogP contribution in [0.15, 0.2) is 162 Å². The molecular weight excluding hydrogens is 607 g/mol. The lowest BCUT2D eigenvalue weighted by atomic mass is 9.82. The summed E-state index contributed by atoms with van der Waals surface area (Å²) in [5.74, 6) is 0.315. The number of para-hydroxylation sites is 1. The van der Waals surface area contributed by atoms with Crippen LogP contribution in [-0.2, 0) is 11.8 Å². The van der Waals surface area contributed by atoms with Crippen molar-refractivity contribution in [1.29, 1.82) is 0 Å². The lowest BCUT2D eigenvalue weighted by molar-refractivity contribution is 0.660. The molecule has 10 rings (SSSR count). The van der Waals surface area contributed by atoms with Gasteiger partial charge >= 0.3 is 0 Å². The topological polar surface area (TPSA) is 16.4 Å². The van der Waals surface area contributed by atoms with E-state index >= 15 is 0 Å². The highest BCUT2D eigenvalue weighted by molar-refractivity contribution is 6.15. The third-order valence-electron chi connectivity index (χ3n) is 11.3. The molecule has 2 aliphatic rings. The normalized spacial score (nSPS) is 15.1. The van der Waals surface area contributed by atoms with Crippen molar-refractivity contribution in [2.75, 3.05) is 4.90 Å². The number of nitrogens with zero attached hydrogens (tertiary/aromatic N) is 1. The van der Waals surface area contributed by atoms with Gasteiger partial charge < -0.3 is 9.32 Å². The highest BCUT2D eigenvalue weighted by Gasteiger charge is 2.39. The van der Waals surface area contributed by atoms with Gasteiger partial charge in [-0.15, -0.1) is 0 Å². The predicted octanol–water partition coefficient (Wildman–Crippen LogP) is 13.1. The SMILES string of the molecule is CC1(C)c2ccccc2-c2c(N(c3cccc4c3-c3ccccc3C4CCc3ccccc3)c3cccc4oc5ccccc5c34)cccc21. The number of aryl methyl sites for hydroxylation is 1. The van der Waals surface area contributed by atoms with E-state index in [1.165, 1.54) is 61.4 Å². The van der Waals surface area contributed by atoms with E-state index in [1.54, 1.807) is 0 Å². The first kappa shape index (κ1) is 29.1. The molecule has 1 heterocycles. The van der Waals surface area contributed by atoms with Crippen molar-refractivity contribution >= 4 is 39.0 Å². The van der Waals surface area contributed by atoms with Crippen LogP contribution in [0.2, 0.25) is 0 Å². The Morgan fingerprint density at radius 1 is 0.520 bits per heavy atom. The average molecular weight is 644 g/mol. The molecule has 0 amide bonds. The maximum Gasteiger partial charge on any atom is 0.137 e. The van der Waals surface area contributed by atoms with Gasteiger partial charge in [-0.2, -0.15) is 0 Å². The third kappa shape index (κ3) is 4.21. The Balaban J connectivity index is 1.27. The van der Waals surface area contributed by atoms with Gasteiger partial charge in [-0.1, -0.05) is 141 Å². The zero-order valence-electron chi connectivity index (χ0n) is 28.4. The lowest BCUT2D eigenvalue weighted by Crippen LogP contribution is -2.16. The molecule has 2 heteroatoms. The maximum absolute atomic E-state index is 6.51. The summed E-state index contributed by atoms with van der Waals surface area (Å²) in [6.45, 7) is 4.73. The minimum absolute atomic E-state index is 0.115. The zero-order chi connectivity index (χ0) is 33.4. The van der Waals surface area contributed by atoms with E-state index in [9.17, 15) is 0 Å². The van der Waals surface area contributed by atoms with E-state index in [4.69, 9.17) is 4.42 Å². The molecule has 240 valence electrons. The molecule has 2 nitrogen and oxygen atoms in total. The summed E-state index contributed by atoms with van der Waals surface area (Å²) in [7, 11) is 0. The van der Waals surface area contributed by atoms with E-state index in [1.807, 2.05) is 0 Å². The Morgan fingerprint density at radius 2 is 1.14 bits per heavy atom. The molecule has 50 heavy (non-hydrogen) atoms. The maximum atomic E-state index is 6.51. The standard InChI is InChI=1S/C48H37NO/c1-48(2)38-22-10-8-19-36(38)46-39(48)23-13-25-41(46)49(42-26-14-28-44-47(42)37-20-9-11-27-43(37)50-44)40-24-12-21-35-33(30-29-31-15-4-3-5-16-31)32-17-6-7-18-34(32)45(35)40/h3-28,33H,29-30H2,1-2H3. The summed E-state index contributed by atoms with van der Waals surface area (Å²) < 4.78 is 6.51. The Labute approximate surface area is 293 Å². The molecule has 8 aromatic rings. The average Bonchev–Trinajstić information content (AvgIpc) is 3.78. The summed E-state index contributed by atoms with van der Waals surface area (Å²) in [6.07, 6.45) is 2.09. The number of furan rings is 1. The number of fused-ring (bicyclic) bond motifs is 9. The third-order valence-corrected chi connectivity index (χ3v) is 11.3. The van der Waals surface area contributed by atoms with Crippen molar-refractivity contribution in [2.45, 2.75) is 38.0 Å². The van der Waals surface area contributed by atoms with E-state index in [0.717, 1.165) is 40.5 Å². The summed E-state index contributed by atoms with van der Waals surface area (Å²) in [4.78, 5) is 2.55. The van der Waals surface area contributed by atoms with Gasteiger partial charge in [0.2, 0.25) is 0 Å². The number of benzene rings is 7. The van der Waals surface area contributed by atoms with Crippen molar-refractivity contribution in [3.8, 4) is 22.3 Å². The number of hydrogen-bond donors (Lipinski definition) is 0. The van der Waals surface area contributed by atoms with Crippen molar-refractivity contribution in [3.05, 3.63) is 186 Å². The van der Waals surface area contributed by atoms with Crippen LogP contribution < -0.4 is 4.90 Å². The molecule has 1 atom stereocenters. The number of hydrogen-bond acceptors (Lipinski definition) is 2. The smallest absolute Gasteiger partial charge is 0.137 e. The van der Waals surface area contributed by atoms with Gasteiger partial charge in [0.15, 0.2) is 0 Å². The fraction of sp³-hybridized carbons (Fsp3) is 0.125. The van der Waals surface area contributed by atoms with Crippen LogP contribution in [0.4, 0.5) is 17.1 Å². The molecule has 0 saturated heterocycles. The highest BCUT2D eigenvalue weighted by Crippen LogP contribution is 2.58. The largest absolute Gasteiger partial charge is 0.456 e. The van der Waals surface area contributed by atoms with Crippen molar-refractivity contribution in [3.63, 3.8) is 0 Å². The van der Waals surface area contributed by atoms with Gasteiger partial charge in [-0.25, -0.2) is 0 Å². The summed E-state index contributed by atoms with van der Waals surface area (Å²) >= 11 is 0. The Kier molecular flexibility index (Phi) is 6.45. The zero-order valence-corrected chi connectivity index (χ0v) is 28.4. The van der Waals surface area contributed by atoms with Gasteiger partial charge in [-0.3, -0.25) is 0 Å². The molecule has 1 unspecified atom stereocenters. The Bertz CT molecular complexity index is 2590. The van der Waals surface area contributed by atoms with Crippen molar-refractivity contribution in [2.24, 2.45) is 0 Å². The molecule has 0 saturated carbocycles. The molecule has 7 aromatic carbocycles. The van der Waals surface area contributed by atoms with Gasteiger partial charge in [0.25, 0.3) is 0 Å². The molecule has 0 fully saturated rings. The van der Waals surface area contributed by atoms with Crippen LogP contribution in [0.1, 0.15) is 54.0 Å². The predicted molar refractivity (Wildman–Crippen MR) is 208 cm³/mol. The van der Waals surface area contributed by atoms with Crippen LogP contribution in [0.5, 0.6) is 0 Å². The number of anilines is 3. The fourth-order valence-corrected chi connectivity index (χ4v) is 9.04. The van der Waals surface area contributed by atoms with Crippen LogP contribution in [0, 0.1) is 0 Å². The molecule has 2 aliphatic carbocycles. The molecule has 0 bridgehead atoms. The van der Waals surface area contributed by atoms with Gasteiger partial charge in [0.1, 0.15) is 11.2 Å². The molecule has 0 radical (unpaired) electrons. The van der Waals surface area contributed by atoms with E-state index in [2.05, 4.69) is 176 Å². The quantitative estimate of drug-likeness (QED) is 0.179. The van der Waals surface area contributed by atoms with Gasteiger partial charge in [0, 0.05) is 27.8 Å². The molecule has 0 spiro atoms. The second kappa shape index (κ2) is 11.1. The summed E-state index contributed by atoms with van der Waals surface area (Å²) in [6, 6.07) is 57.9. The van der Waals surface area contributed by atoms with Crippen LogP contribution in [0.25, 0.3) is 44.2 Å². The molecule has 0 aliphatic heterocycles. The lowest BCUT2D eigenvalue weighted by Gasteiger charge is -2.31. The second-order valence-corrected chi connectivity index (χ2v) is 14.4. The van der Waals surface area contributed by atoms with Crippen LogP contribution >= 0.6 is 0 Å². The molecule has 1 aromatic heterocycles. The minimum atomic E-state index is -0.115. The summed E-state index contributed by atoms with van der Waals surface area (Å²) in [5.41, 5.74) is 17.4. The Morgan fingerprint density at radius 3 is 2.02 bits per heavy atom. The van der Waals surface area contributed by atoms with Crippen LogP contribution in [0.3, 0.4) is 0 Å². The first-order valence-electron chi connectivity index (χ1n) is 17.8. The highest BCUT2D eigenvalue weighted by atomic mass is 16.3. The molecule has 0 N–H and O–H groups in total. The van der Waals surface area contributed by atoms with E-state index in [0.29, 0.717) is 5.92 Å².